The minimum Gasteiger partial charge on any atom is -0.276 e. The quantitative estimate of drug-likeness (QED) is 0.701. The van der Waals surface area contributed by atoms with Gasteiger partial charge in [0.25, 0.3) is 0 Å². The van der Waals surface area contributed by atoms with Gasteiger partial charge in [-0.15, -0.1) is 0 Å². The molecule has 2 heteroatoms. The van der Waals surface area contributed by atoms with Crippen LogP contribution >= 0.6 is 0 Å². The molecule has 0 bridgehead atoms. The van der Waals surface area contributed by atoms with E-state index in [0.29, 0.717) is 5.92 Å². The first-order valence-electron chi connectivity index (χ1n) is 4.75. The van der Waals surface area contributed by atoms with Crippen molar-refractivity contribution in [2.45, 2.75) is 20.3 Å². The van der Waals surface area contributed by atoms with Crippen LogP contribution in [0.1, 0.15) is 20.3 Å². The topological polar surface area (TPSA) is 21.3 Å². The second kappa shape index (κ2) is 5.60. The summed E-state index contributed by atoms with van der Waals surface area (Å²) in [5.74, 6) is 0.608. The van der Waals surface area contributed by atoms with E-state index in [9.17, 15) is 0 Å². The van der Waals surface area contributed by atoms with Crippen LogP contribution in [-0.4, -0.2) is 6.61 Å². The van der Waals surface area contributed by atoms with Gasteiger partial charge >= 0.3 is 0 Å². The van der Waals surface area contributed by atoms with Crippen LogP contribution in [0, 0.1) is 5.92 Å². The Hall–Kier alpha value is -1.02. The molecular formula is C11H17NO. The van der Waals surface area contributed by atoms with E-state index in [1.165, 1.54) is 0 Å². The Bertz CT molecular complexity index is 223. The fourth-order valence-corrected chi connectivity index (χ4v) is 0.891. The molecule has 0 saturated heterocycles. The van der Waals surface area contributed by atoms with Crippen LogP contribution in [0.2, 0.25) is 0 Å². The van der Waals surface area contributed by atoms with E-state index >= 15 is 0 Å². The van der Waals surface area contributed by atoms with Crippen LogP contribution in [0.25, 0.3) is 0 Å². The molecule has 1 aromatic carbocycles. The van der Waals surface area contributed by atoms with Crippen LogP contribution in [-0.2, 0) is 4.84 Å². The van der Waals surface area contributed by atoms with Crippen LogP contribution in [0.3, 0.4) is 0 Å². The molecule has 1 N–H and O–H groups in total. The third kappa shape index (κ3) is 3.95. The number of rotatable bonds is 5. The van der Waals surface area contributed by atoms with Gasteiger partial charge in [-0.1, -0.05) is 38.5 Å². The van der Waals surface area contributed by atoms with Crippen LogP contribution < -0.4 is 5.48 Å². The van der Waals surface area contributed by atoms with E-state index < -0.39 is 0 Å². The Morgan fingerprint density at radius 3 is 2.62 bits per heavy atom. The SMILES string of the molecule is CCC(C)CONc1ccccc1. The van der Waals surface area contributed by atoms with Gasteiger partial charge < -0.3 is 0 Å². The Kier molecular flexibility index (Phi) is 4.33. The highest BCUT2D eigenvalue weighted by Gasteiger charge is 1.97. The Balaban J connectivity index is 2.20. The van der Waals surface area contributed by atoms with E-state index in [0.717, 1.165) is 18.7 Å². The molecule has 1 atom stereocenters. The Morgan fingerprint density at radius 1 is 1.31 bits per heavy atom. The molecular weight excluding hydrogens is 162 g/mol. The van der Waals surface area contributed by atoms with Gasteiger partial charge in [-0.2, -0.15) is 0 Å². The predicted molar refractivity (Wildman–Crippen MR) is 55.5 cm³/mol. The molecule has 1 aromatic rings. The minimum absolute atomic E-state index is 0.608. The molecule has 0 aliphatic carbocycles. The zero-order chi connectivity index (χ0) is 9.52. The average molecular weight is 179 g/mol. The van der Waals surface area contributed by atoms with E-state index in [4.69, 9.17) is 4.84 Å². The summed E-state index contributed by atoms with van der Waals surface area (Å²) < 4.78 is 0. The van der Waals surface area contributed by atoms with Crippen molar-refractivity contribution in [1.29, 1.82) is 0 Å². The summed E-state index contributed by atoms with van der Waals surface area (Å²) in [4.78, 5) is 5.32. The third-order valence-electron chi connectivity index (χ3n) is 2.03. The Morgan fingerprint density at radius 2 is 2.00 bits per heavy atom. The van der Waals surface area contributed by atoms with Crippen molar-refractivity contribution in [2.75, 3.05) is 12.1 Å². The number of hydrogen-bond acceptors (Lipinski definition) is 2. The standard InChI is InChI=1S/C11H17NO/c1-3-10(2)9-13-12-11-7-5-4-6-8-11/h4-8,10,12H,3,9H2,1-2H3. The van der Waals surface area contributed by atoms with Crippen molar-refractivity contribution in [1.82, 2.24) is 0 Å². The van der Waals surface area contributed by atoms with Crippen molar-refractivity contribution < 1.29 is 4.84 Å². The Labute approximate surface area is 79.9 Å². The maximum absolute atomic E-state index is 5.32. The van der Waals surface area contributed by atoms with E-state index in [1.807, 2.05) is 30.3 Å². The highest BCUT2D eigenvalue weighted by Crippen LogP contribution is 2.06. The molecule has 1 rings (SSSR count). The molecule has 0 aliphatic heterocycles. The van der Waals surface area contributed by atoms with Gasteiger partial charge in [-0.05, 0) is 18.1 Å². The summed E-state index contributed by atoms with van der Waals surface area (Å²) in [6.07, 6.45) is 1.15. The lowest BCUT2D eigenvalue weighted by atomic mass is 10.1. The highest BCUT2D eigenvalue weighted by atomic mass is 16.6. The highest BCUT2D eigenvalue weighted by molar-refractivity contribution is 5.39. The second-order valence-electron chi connectivity index (χ2n) is 3.29. The summed E-state index contributed by atoms with van der Waals surface area (Å²) >= 11 is 0. The maximum Gasteiger partial charge on any atom is 0.0771 e. The number of anilines is 1. The van der Waals surface area contributed by atoms with Gasteiger partial charge in [0.1, 0.15) is 0 Å². The minimum atomic E-state index is 0.608. The van der Waals surface area contributed by atoms with Crippen LogP contribution in [0.4, 0.5) is 5.69 Å². The lowest BCUT2D eigenvalue weighted by Crippen LogP contribution is -2.09. The molecule has 0 spiro atoms. The number of para-hydroxylation sites is 1. The first-order valence-corrected chi connectivity index (χ1v) is 4.75. The van der Waals surface area contributed by atoms with Gasteiger partial charge in [0.05, 0.1) is 12.3 Å². The fraction of sp³-hybridized carbons (Fsp3) is 0.455. The van der Waals surface area contributed by atoms with Gasteiger partial charge in [0.2, 0.25) is 0 Å². The normalized spacial score (nSPS) is 12.5. The largest absolute Gasteiger partial charge is 0.276 e. The smallest absolute Gasteiger partial charge is 0.0771 e. The molecule has 0 saturated carbocycles. The maximum atomic E-state index is 5.32. The average Bonchev–Trinajstić information content (AvgIpc) is 2.19. The molecule has 0 amide bonds. The van der Waals surface area contributed by atoms with Gasteiger partial charge in [0, 0.05) is 0 Å². The van der Waals surface area contributed by atoms with Crippen molar-refractivity contribution >= 4 is 5.69 Å². The first-order chi connectivity index (χ1) is 6.33. The summed E-state index contributed by atoms with van der Waals surface area (Å²) in [7, 11) is 0. The molecule has 1 unspecified atom stereocenters. The molecule has 0 fully saturated rings. The zero-order valence-electron chi connectivity index (χ0n) is 8.29. The zero-order valence-corrected chi connectivity index (χ0v) is 8.29. The molecule has 13 heavy (non-hydrogen) atoms. The van der Waals surface area contributed by atoms with Gasteiger partial charge in [-0.25, -0.2) is 0 Å². The summed E-state index contributed by atoms with van der Waals surface area (Å²) in [6, 6.07) is 9.91. The predicted octanol–water partition coefficient (Wildman–Crippen LogP) is 3.08. The van der Waals surface area contributed by atoms with Gasteiger partial charge in [-0.3, -0.25) is 10.3 Å². The summed E-state index contributed by atoms with van der Waals surface area (Å²) in [5.41, 5.74) is 3.92. The molecule has 0 radical (unpaired) electrons. The number of hydrogen-bond donors (Lipinski definition) is 1. The molecule has 2 nitrogen and oxygen atoms in total. The molecule has 0 aromatic heterocycles. The lowest BCUT2D eigenvalue weighted by Gasteiger charge is -2.10. The number of benzene rings is 1. The molecule has 0 aliphatic rings. The van der Waals surface area contributed by atoms with Crippen molar-refractivity contribution in [3.05, 3.63) is 30.3 Å². The third-order valence-corrected chi connectivity index (χ3v) is 2.03. The lowest BCUT2D eigenvalue weighted by molar-refractivity contribution is 0.154. The van der Waals surface area contributed by atoms with Crippen LogP contribution in [0.5, 0.6) is 0 Å². The number of nitrogens with one attached hydrogen (secondary N) is 1. The van der Waals surface area contributed by atoms with E-state index in [1.54, 1.807) is 0 Å². The summed E-state index contributed by atoms with van der Waals surface area (Å²) in [5, 5.41) is 0. The van der Waals surface area contributed by atoms with Gasteiger partial charge in [0.15, 0.2) is 0 Å². The van der Waals surface area contributed by atoms with Crippen molar-refractivity contribution in [3.63, 3.8) is 0 Å². The van der Waals surface area contributed by atoms with Crippen molar-refractivity contribution in [2.24, 2.45) is 5.92 Å². The monoisotopic (exact) mass is 179 g/mol. The van der Waals surface area contributed by atoms with Crippen LogP contribution in [0.15, 0.2) is 30.3 Å². The summed E-state index contributed by atoms with van der Waals surface area (Å²) in [6.45, 7) is 5.09. The van der Waals surface area contributed by atoms with Crippen molar-refractivity contribution in [3.8, 4) is 0 Å². The van der Waals surface area contributed by atoms with E-state index in [-0.39, 0.29) is 0 Å². The van der Waals surface area contributed by atoms with E-state index in [2.05, 4.69) is 19.3 Å². The molecule has 0 heterocycles. The molecule has 72 valence electrons. The fourth-order valence-electron chi connectivity index (χ4n) is 0.891. The second-order valence-corrected chi connectivity index (χ2v) is 3.29. The first kappa shape index (κ1) is 10.1.